The van der Waals surface area contributed by atoms with Crippen LogP contribution in [0.1, 0.15) is 0 Å². The minimum absolute atomic E-state index is 0.0625. The molecule has 2 atom stereocenters. The molecule has 0 aromatic heterocycles. The number of halogens is 1. The van der Waals surface area contributed by atoms with Crippen LogP contribution in [-0.2, 0) is 10.8 Å². The van der Waals surface area contributed by atoms with Crippen molar-refractivity contribution in [1.29, 1.82) is 0 Å². The molecule has 1 heterocycles. The van der Waals surface area contributed by atoms with Crippen molar-refractivity contribution in [2.45, 2.75) is 4.28 Å². The van der Waals surface area contributed by atoms with E-state index in [4.69, 9.17) is 0 Å². The average molecular weight is 182 g/mol. The van der Waals surface area contributed by atoms with Crippen molar-refractivity contribution in [1.82, 2.24) is 5.32 Å². The Hall–Kier alpha value is 0.170. The zero-order valence-corrected chi connectivity index (χ0v) is 5.83. The third kappa shape index (κ3) is 1.04. The summed E-state index contributed by atoms with van der Waals surface area (Å²) in [6, 6.07) is 0. The molecule has 0 fully saturated rings. The molecule has 0 aromatic carbocycles. The lowest BCUT2D eigenvalue weighted by atomic mass is 11.0. The van der Waals surface area contributed by atoms with Gasteiger partial charge in [0.05, 0.1) is 10.8 Å². The van der Waals surface area contributed by atoms with Crippen LogP contribution in [0.3, 0.4) is 0 Å². The van der Waals surface area contributed by atoms with Gasteiger partial charge in [-0.15, -0.1) is 0 Å². The number of rotatable bonds is 0. The fourth-order valence-corrected chi connectivity index (χ4v) is 1.41. The van der Waals surface area contributed by atoms with Crippen molar-refractivity contribution in [2.24, 2.45) is 0 Å². The van der Waals surface area contributed by atoms with Crippen molar-refractivity contribution >= 4 is 26.7 Å². The van der Waals surface area contributed by atoms with Gasteiger partial charge in [0, 0.05) is 11.6 Å². The maximum Gasteiger partial charge on any atom is 0.162 e. The SMILES string of the molecule is O=S1C=CNC1Br. The molecule has 1 aliphatic rings. The lowest BCUT2D eigenvalue weighted by molar-refractivity contribution is 0.686. The average Bonchev–Trinajstić information content (AvgIpc) is 1.91. The van der Waals surface area contributed by atoms with Gasteiger partial charge in [0.25, 0.3) is 0 Å². The highest BCUT2D eigenvalue weighted by atomic mass is 79.9. The van der Waals surface area contributed by atoms with Crippen molar-refractivity contribution in [2.75, 3.05) is 0 Å². The van der Waals surface area contributed by atoms with Gasteiger partial charge in [-0.3, -0.25) is 4.21 Å². The molecule has 0 amide bonds. The summed E-state index contributed by atoms with van der Waals surface area (Å²) in [5.41, 5.74) is 0. The van der Waals surface area contributed by atoms with Crippen molar-refractivity contribution < 1.29 is 4.21 Å². The van der Waals surface area contributed by atoms with Gasteiger partial charge in [0.2, 0.25) is 0 Å². The van der Waals surface area contributed by atoms with E-state index in [1.54, 1.807) is 11.6 Å². The van der Waals surface area contributed by atoms with Gasteiger partial charge in [-0.2, -0.15) is 0 Å². The van der Waals surface area contributed by atoms with Crippen LogP contribution in [0.5, 0.6) is 0 Å². The minimum atomic E-state index is -0.843. The van der Waals surface area contributed by atoms with E-state index < -0.39 is 10.8 Å². The van der Waals surface area contributed by atoms with E-state index in [0.29, 0.717) is 0 Å². The highest BCUT2D eigenvalue weighted by Gasteiger charge is 2.11. The third-order valence-corrected chi connectivity index (χ3v) is 2.95. The first-order valence-corrected chi connectivity index (χ1v) is 3.96. The number of hydrogen-bond donors (Lipinski definition) is 1. The summed E-state index contributed by atoms with van der Waals surface area (Å²) in [4.78, 5) is 0. The van der Waals surface area contributed by atoms with Crippen molar-refractivity contribution in [3.63, 3.8) is 0 Å². The highest BCUT2D eigenvalue weighted by molar-refractivity contribution is 9.11. The Morgan fingerprint density at radius 3 is 2.71 bits per heavy atom. The molecule has 1 rings (SSSR count). The normalized spacial score (nSPS) is 38.4. The fourth-order valence-electron chi connectivity index (χ4n) is 0.318. The molecule has 0 saturated carbocycles. The fraction of sp³-hybridized carbons (Fsp3) is 0.333. The van der Waals surface area contributed by atoms with Crippen LogP contribution in [-0.4, -0.2) is 8.49 Å². The zero-order chi connectivity index (χ0) is 5.28. The molecule has 0 radical (unpaired) electrons. The molecule has 4 heteroatoms. The van der Waals surface area contributed by atoms with E-state index in [0.717, 1.165) is 0 Å². The standard InChI is InChI=1S/C3H4BrNOS/c4-3-5-1-2-7(3)6/h1-3,5H. The molecule has 0 aromatic rings. The van der Waals surface area contributed by atoms with Gasteiger partial charge in [-0.1, -0.05) is 0 Å². The Morgan fingerprint density at radius 1 is 1.86 bits per heavy atom. The Kier molecular flexibility index (Phi) is 1.49. The second-order valence-corrected chi connectivity index (χ2v) is 4.04. The van der Waals surface area contributed by atoms with Gasteiger partial charge < -0.3 is 5.32 Å². The number of nitrogens with one attached hydrogen (secondary N) is 1. The lowest BCUT2D eigenvalue weighted by Crippen LogP contribution is -2.13. The third-order valence-electron chi connectivity index (χ3n) is 0.633. The predicted molar refractivity (Wildman–Crippen MR) is 33.1 cm³/mol. The summed E-state index contributed by atoms with van der Waals surface area (Å²) in [5.74, 6) is 0. The molecule has 0 bridgehead atoms. The van der Waals surface area contributed by atoms with E-state index in [1.165, 1.54) is 0 Å². The van der Waals surface area contributed by atoms with E-state index in [9.17, 15) is 4.21 Å². The largest absolute Gasteiger partial charge is 0.368 e. The van der Waals surface area contributed by atoms with E-state index in [2.05, 4.69) is 21.2 Å². The first kappa shape index (κ1) is 5.31. The summed E-state index contributed by atoms with van der Waals surface area (Å²) < 4.78 is 10.4. The summed E-state index contributed by atoms with van der Waals surface area (Å²) >= 11 is 3.13. The molecule has 40 valence electrons. The van der Waals surface area contributed by atoms with Crippen LogP contribution in [0.4, 0.5) is 0 Å². The molecule has 0 spiro atoms. The van der Waals surface area contributed by atoms with Crippen LogP contribution in [0.25, 0.3) is 0 Å². The maximum absolute atomic E-state index is 10.5. The molecule has 0 saturated heterocycles. The summed E-state index contributed by atoms with van der Waals surface area (Å²) in [6.45, 7) is 0. The van der Waals surface area contributed by atoms with Gasteiger partial charge in [-0.05, 0) is 15.9 Å². The molecular weight excluding hydrogens is 178 g/mol. The maximum atomic E-state index is 10.5. The van der Waals surface area contributed by atoms with Crippen LogP contribution < -0.4 is 5.32 Å². The van der Waals surface area contributed by atoms with Crippen LogP contribution in [0.2, 0.25) is 0 Å². The van der Waals surface area contributed by atoms with E-state index in [-0.39, 0.29) is 4.28 Å². The van der Waals surface area contributed by atoms with Gasteiger partial charge in [-0.25, -0.2) is 0 Å². The van der Waals surface area contributed by atoms with Gasteiger partial charge in [0.1, 0.15) is 0 Å². The Bertz CT molecular complexity index is 124. The Balaban J connectivity index is 2.62. The molecule has 7 heavy (non-hydrogen) atoms. The molecule has 2 nitrogen and oxygen atoms in total. The first-order valence-electron chi connectivity index (χ1n) is 1.77. The highest BCUT2D eigenvalue weighted by Crippen LogP contribution is 2.07. The van der Waals surface area contributed by atoms with Crippen LogP contribution in [0.15, 0.2) is 11.6 Å². The zero-order valence-electron chi connectivity index (χ0n) is 3.43. The van der Waals surface area contributed by atoms with Crippen molar-refractivity contribution in [3.8, 4) is 0 Å². The Morgan fingerprint density at radius 2 is 2.57 bits per heavy atom. The van der Waals surface area contributed by atoms with Crippen LogP contribution in [0, 0.1) is 0 Å². The van der Waals surface area contributed by atoms with Crippen molar-refractivity contribution in [3.05, 3.63) is 11.6 Å². The quantitative estimate of drug-likeness (QED) is 0.436. The Labute approximate surface area is 52.6 Å². The monoisotopic (exact) mass is 181 g/mol. The van der Waals surface area contributed by atoms with Gasteiger partial charge >= 0.3 is 0 Å². The lowest BCUT2D eigenvalue weighted by Gasteiger charge is -1.94. The smallest absolute Gasteiger partial charge is 0.162 e. The second-order valence-electron chi connectivity index (χ2n) is 1.11. The summed E-state index contributed by atoms with van der Waals surface area (Å²) in [7, 11) is -0.843. The topological polar surface area (TPSA) is 29.1 Å². The predicted octanol–water partition coefficient (Wildman–Crippen LogP) is 0.488. The molecular formula is C3H4BrNOS. The second kappa shape index (κ2) is 1.96. The van der Waals surface area contributed by atoms with Crippen LogP contribution >= 0.6 is 15.9 Å². The molecule has 1 aliphatic heterocycles. The minimum Gasteiger partial charge on any atom is -0.368 e. The van der Waals surface area contributed by atoms with E-state index in [1.807, 2.05) is 0 Å². The molecule has 0 aliphatic carbocycles. The van der Waals surface area contributed by atoms with E-state index >= 15 is 0 Å². The molecule has 1 N–H and O–H groups in total. The van der Waals surface area contributed by atoms with Gasteiger partial charge in [0.15, 0.2) is 4.28 Å². The summed E-state index contributed by atoms with van der Waals surface area (Å²) in [5, 5.41) is 4.42. The number of alkyl halides is 1. The molecule has 2 unspecified atom stereocenters. The number of hydrogen-bond acceptors (Lipinski definition) is 2. The summed E-state index contributed by atoms with van der Waals surface area (Å²) in [6.07, 6.45) is 1.68. The first-order chi connectivity index (χ1) is 3.30.